The second kappa shape index (κ2) is 8.38. The molecule has 0 saturated carbocycles. The molecule has 1 atom stereocenters. The van der Waals surface area contributed by atoms with Crippen molar-refractivity contribution in [1.82, 2.24) is 4.98 Å². The predicted molar refractivity (Wildman–Crippen MR) is 106 cm³/mol. The van der Waals surface area contributed by atoms with E-state index >= 15 is 0 Å². The molecule has 2 aromatic carbocycles. The lowest BCUT2D eigenvalue weighted by atomic mass is 10.0. The van der Waals surface area contributed by atoms with Crippen molar-refractivity contribution < 1.29 is 12.8 Å². The molecule has 0 aliphatic heterocycles. The summed E-state index contributed by atoms with van der Waals surface area (Å²) < 4.78 is 29.0. The fourth-order valence-electron chi connectivity index (χ4n) is 3.01. The van der Waals surface area contributed by atoms with E-state index in [1.54, 1.807) is 12.1 Å². The van der Waals surface area contributed by atoms with E-state index in [-0.39, 0.29) is 10.8 Å². The largest absolute Gasteiger partial charge is 0.440 e. The maximum atomic E-state index is 11.5. The summed E-state index contributed by atoms with van der Waals surface area (Å²) >= 11 is 0. The lowest BCUT2D eigenvalue weighted by molar-refractivity contribution is 0.459. The number of sulfonamides is 1. The first kappa shape index (κ1) is 19.8. The average Bonchev–Trinajstić information content (AvgIpc) is 3.11. The predicted octanol–water partition coefficient (Wildman–Crippen LogP) is 4.14. The zero-order chi connectivity index (χ0) is 20.1. The zero-order valence-corrected chi connectivity index (χ0v) is 16.3. The maximum absolute atomic E-state index is 11.5. The highest BCUT2D eigenvalue weighted by Crippen LogP contribution is 2.34. The van der Waals surface area contributed by atoms with Gasteiger partial charge in [-0.1, -0.05) is 43.7 Å². The van der Waals surface area contributed by atoms with Crippen LogP contribution in [0.3, 0.4) is 0 Å². The first-order chi connectivity index (χ1) is 13.4. The molecule has 1 unspecified atom stereocenters. The molecule has 1 aromatic heterocycles. The molecule has 6 nitrogen and oxygen atoms in total. The third-order valence-electron chi connectivity index (χ3n) is 4.40. The molecule has 0 radical (unpaired) electrons. The van der Waals surface area contributed by atoms with Gasteiger partial charge in [0.1, 0.15) is 5.69 Å². The topological polar surface area (TPSA) is 110 Å². The first-order valence-corrected chi connectivity index (χ1v) is 10.5. The molecule has 0 aliphatic carbocycles. The Morgan fingerprint density at radius 3 is 2.36 bits per heavy atom. The summed E-state index contributed by atoms with van der Waals surface area (Å²) in [4.78, 5) is 4.67. The highest BCUT2D eigenvalue weighted by molar-refractivity contribution is 7.89. The van der Waals surface area contributed by atoms with E-state index < -0.39 is 10.0 Å². The van der Waals surface area contributed by atoms with Crippen molar-refractivity contribution in [1.29, 1.82) is 5.26 Å². The highest BCUT2D eigenvalue weighted by Gasteiger charge is 2.20. The molecule has 3 aromatic rings. The van der Waals surface area contributed by atoms with Gasteiger partial charge in [-0.05, 0) is 30.7 Å². The second-order valence-corrected chi connectivity index (χ2v) is 8.10. The van der Waals surface area contributed by atoms with Crippen LogP contribution in [0, 0.1) is 17.2 Å². The number of nitriles is 1. The second-order valence-electron chi connectivity index (χ2n) is 6.54. The monoisotopic (exact) mass is 395 g/mol. The quantitative estimate of drug-likeness (QED) is 0.646. The number of hydrogen-bond acceptors (Lipinski definition) is 5. The SMILES string of the molecule is CCCC(C#N)Cc1nc(-c2ccccc2)c(-c2ccc(S(N)(=O)=O)cc2)o1. The molecule has 0 bridgehead atoms. The summed E-state index contributed by atoms with van der Waals surface area (Å²) in [6, 6.07) is 18.1. The summed E-state index contributed by atoms with van der Waals surface area (Å²) in [5.41, 5.74) is 2.23. The number of nitrogens with two attached hydrogens (primary N) is 1. The third kappa shape index (κ3) is 4.47. The number of benzene rings is 2. The average molecular weight is 395 g/mol. The van der Waals surface area contributed by atoms with Crippen LogP contribution < -0.4 is 5.14 Å². The van der Waals surface area contributed by atoms with E-state index in [1.807, 2.05) is 37.3 Å². The highest BCUT2D eigenvalue weighted by atomic mass is 32.2. The van der Waals surface area contributed by atoms with Gasteiger partial charge in [-0.25, -0.2) is 18.5 Å². The molecule has 0 spiro atoms. The summed E-state index contributed by atoms with van der Waals surface area (Å²) in [7, 11) is -3.77. The van der Waals surface area contributed by atoms with Crippen molar-refractivity contribution in [2.24, 2.45) is 11.1 Å². The minimum atomic E-state index is -3.77. The van der Waals surface area contributed by atoms with E-state index in [1.165, 1.54) is 12.1 Å². The van der Waals surface area contributed by atoms with Crippen molar-refractivity contribution in [2.45, 2.75) is 31.1 Å². The van der Waals surface area contributed by atoms with Crippen LogP contribution in [0.25, 0.3) is 22.6 Å². The third-order valence-corrected chi connectivity index (χ3v) is 5.33. The van der Waals surface area contributed by atoms with E-state index in [2.05, 4.69) is 11.1 Å². The van der Waals surface area contributed by atoms with Gasteiger partial charge in [-0.15, -0.1) is 0 Å². The summed E-state index contributed by atoms with van der Waals surface area (Å²) in [5.74, 6) is 0.865. The number of hydrogen-bond donors (Lipinski definition) is 1. The maximum Gasteiger partial charge on any atom is 0.238 e. The lowest BCUT2D eigenvalue weighted by Gasteiger charge is -2.04. The molecule has 0 aliphatic rings. The van der Waals surface area contributed by atoms with Gasteiger partial charge in [-0.3, -0.25) is 0 Å². The van der Waals surface area contributed by atoms with E-state index in [9.17, 15) is 13.7 Å². The van der Waals surface area contributed by atoms with Crippen LogP contribution >= 0.6 is 0 Å². The number of aromatic nitrogens is 1. The van der Waals surface area contributed by atoms with Gasteiger partial charge in [0.15, 0.2) is 11.7 Å². The van der Waals surface area contributed by atoms with E-state index in [0.717, 1.165) is 18.4 Å². The van der Waals surface area contributed by atoms with Gasteiger partial charge in [0.2, 0.25) is 10.0 Å². The normalized spacial score (nSPS) is 12.5. The smallest absolute Gasteiger partial charge is 0.238 e. The first-order valence-electron chi connectivity index (χ1n) is 9.00. The Labute approximate surface area is 164 Å². The zero-order valence-electron chi connectivity index (χ0n) is 15.5. The van der Waals surface area contributed by atoms with Crippen LogP contribution in [-0.2, 0) is 16.4 Å². The Kier molecular flexibility index (Phi) is 5.93. The van der Waals surface area contributed by atoms with Crippen molar-refractivity contribution in [3.8, 4) is 28.7 Å². The van der Waals surface area contributed by atoms with Crippen molar-refractivity contribution in [3.63, 3.8) is 0 Å². The number of oxazole rings is 1. The van der Waals surface area contributed by atoms with Crippen LogP contribution in [0.1, 0.15) is 25.7 Å². The molecule has 0 saturated heterocycles. The Morgan fingerprint density at radius 1 is 1.11 bits per heavy atom. The van der Waals surface area contributed by atoms with Gasteiger partial charge in [0.05, 0.1) is 16.9 Å². The van der Waals surface area contributed by atoms with Crippen LogP contribution in [0.4, 0.5) is 0 Å². The number of primary sulfonamides is 1. The number of nitrogens with zero attached hydrogens (tertiary/aromatic N) is 2. The molecule has 144 valence electrons. The fraction of sp³-hybridized carbons (Fsp3) is 0.238. The van der Waals surface area contributed by atoms with Gasteiger partial charge >= 0.3 is 0 Å². The van der Waals surface area contributed by atoms with Crippen LogP contribution in [0.5, 0.6) is 0 Å². The van der Waals surface area contributed by atoms with E-state index in [4.69, 9.17) is 9.56 Å². The molecule has 1 heterocycles. The summed E-state index contributed by atoms with van der Waals surface area (Å²) in [5, 5.41) is 14.5. The Balaban J connectivity index is 2.04. The van der Waals surface area contributed by atoms with Gasteiger partial charge in [0.25, 0.3) is 0 Å². The van der Waals surface area contributed by atoms with Crippen LogP contribution in [-0.4, -0.2) is 13.4 Å². The standard InChI is InChI=1S/C21H21N3O3S/c1-2-6-15(14-22)13-19-24-20(16-7-4-3-5-8-16)21(27-19)17-9-11-18(12-10-17)28(23,25)26/h3-5,7-12,15H,2,6,13H2,1H3,(H2,23,25,26). The molecule has 3 rings (SSSR count). The van der Waals surface area contributed by atoms with Crippen molar-refractivity contribution in [3.05, 3.63) is 60.5 Å². The summed E-state index contributed by atoms with van der Waals surface area (Å²) in [6.07, 6.45) is 2.11. The van der Waals surface area contributed by atoms with E-state index in [0.29, 0.717) is 29.3 Å². The minimum Gasteiger partial charge on any atom is -0.440 e. The summed E-state index contributed by atoms with van der Waals surface area (Å²) in [6.45, 7) is 2.04. The molecule has 2 N–H and O–H groups in total. The molecule has 0 fully saturated rings. The molecule has 7 heteroatoms. The van der Waals surface area contributed by atoms with Crippen LogP contribution in [0.15, 0.2) is 63.9 Å². The Morgan fingerprint density at radius 2 is 1.79 bits per heavy atom. The lowest BCUT2D eigenvalue weighted by Crippen LogP contribution is -2.11. The molecule has 28 heavy (non-hydrogen) atoms. The number of rotatable bonds is 7. The molecular weight excluding hydrogens is 374 g/mol. The Hall–Kier alpha value is -2.95. The van der Waals surface area contributed by atoms with Gasteiger partial charge in [-0.2, -0.15) is 5.26 Å². The molecule has 0 amide bonds. The van der Waals surface area contributed by atoms with Crippen molar-refractivity contribution >= 4 is 10.0 Å². The minimum absolute atomic E-state index is 0.0322. The van der Waals surface area contributed by atoms with Gasteiger partial charge in [0, 0.05) is 17.5 Å². The Bertz CT molecular complexity index is 1080. The van der Waals surface area contributed by atoms with Gasteiger partial charge < -0.3 is 4.42 Å². The fourth-order valence-corrected chi connectivity index (χ4v) is 3.52. The van der Waals surface area contributed by atoms with Crippen LogP contribution in [0.2, 0.25) is 0 Å². The van der Waals surface area contributed by atoms with Crippen molar-refractivity contribution in [2.75, 3.05) is 0 Å². The molecular formula is C21H21N3O3S.